The summed E-state index contributed by atoms with van der Waals surface area (Å²) in [5, 5.41) is 16.1. The van der Waals surface area contributed by atoms with E-state index in [0.29, 0.717) is 61.6 Å². The van der Waals surface area contributed by atoms with Crippen LogP contribution in [0.2, 0.25) is 0 Å². The van der Waals surface area contributed by atoms with Gasteiger partial charge in [-0.3, -0.25) is 19.2 Å². The van der Waals surface area contributed by atoms with Crippen molar-refractivity contribution in [1.82, 2.24) is 29.2 Å². The fourth-order valence-electron chi connectivity index (χ4n) is 5.05. The lowest BCUT2D eigenvalue weighted by atomic mass is 9.91. The van der Waals surface area contributed by atoms with Crippen LogP contribution in [0.1, 0.15) is 24.1 Å². The third kappa shape index (κ3) is 5.63. The van der Waals surface area contributed by atoms with E-state index in [9.17, 15) is 14.3 Å². The Labute approximate surface area is 230 Å². The molecule has 0 amide bonds. The topological polar surface area (TPSA) is 98.3 Å². The van der Waals surface area contributed by atoms with E-state index < -0.39 is 5.60 Å². The first kappa shape index (κ1) is 25.8. The summed E-state index contributed by atoms with van der Waals surface area (Å²) in [4.78, 5) is 24.4. The molecule has 0 saturated carbocycles. The smallest absolute Gasteiger partial charge is 0.264 e. The van der Waals surface area contributed by atoms with Crippen LogP contribution in [-0.4, -0.2) is 53.0 Å². The van der Waals surface area contributed by atoms with Gasteiger partial charge in [-0.25, -0.2) is 14.1 Å². The summed E-state index contributed by atoms with van der Waals surface area (Å²) in [7, 11) is 0. The van der Waals surface area contributed by atoms with Crippen LogP contribution in [-0.2, 0) is 19.7 Å². The predicted octanol–water partition coefficient (Wildman–Crippen LogP) is 3.72. The molecule has 0 atom stereocenters. The maximum Gasteiger partial charge on any atom is 0.264 e. The normalized spacial score (nSPS) is 15.3. The molecular formula is C30H29FN6O3. The molecule has 204 valence electrons. The van der Waals surface area contributed by atoms with Gasteiger partial charge >= 0.3 is 0 Å². The van der Waals surface area contributed by atoms with Gasteiger partial charge in [0.05, 0.1) is 29.7 Å². The van der Waals surface area contributed by atoms with Gasteiger partial charge in [0.1, 0.15) is 29.9 Å². The third-order valence-corrected chi connectivity index (χ3v) is 7.30. The highest BCUT2D eigenvalue weighted by atomic mass is 19.1. The molecule has 9 nitrogen and oxygen atoms in total. The number of ether oxygens (including phenoxy) is 1. The minimum absolute atomic E-state index is 0.154. The van der Waals surface area contributed by atoms with Crippen LogP contribution < -0.4 is 10.3 Å². The van der Waals surface area contributed by atoms with Gasteiger partial charge in [-0.2, -0.15) is 5.10 Å². The minimum Gasteiger partial charge on any atom is -0.487 e. The van der Waals surface area contributed by atoms with Gasteiger partial charge in [0.25, 0.3) is 5.56 Å². The Hall–Kier alpha value is -4.41. The van der Waals surface area contributed by atoms with E-state index in [1.165, 1.54) is 29.2 Å². The molecule has 0 spiro atoms. The number of hydrogen-bond acceptors (Lipinski definition) is 7. The average molecular weight is 541 g/mol. The zero-order valence-corrected chi connectivity index (χ0v) is 21.9. The molecule has 0 aliphatic carbocycles. The van der Waals surface area contributed by atoms with Crippen molar-refractivity contribution >= 4 is 11.0 Å². The fourth-order valence-corrected chi connectivity index (χ4v) is 5.05. The molecule has 2 aromatic carbocycles. The molecule has 1 fully saturated rings. The average Bonchev–Trinajstić information content (AvgIpc) is 3.42. The molecule has 3 aromatic heterocycles. The number of aromatic nitrogens is 5. The Bertz CT molecular complexity index is 1660. The van der Waals surface area contributed by atoms with E-state index in [2.05, 4.69) is 20.0 Å². The molecule has 5 aromatic rings. The van der Waals surface area contributed by atoms with Gasteiger partial charge in [0.2, 0.25) is 0 Å². The summed E-state index contributed by atoms with van der Waals surface area (Å²) >= 11 is 0. The number of nitrogens with zero attached hydrogens (tertiary/aromatic N) is 6. The first-order valence-electron chi connectivity index (χ1n) is 13.2. The highest BCUT2D eigenvalue weighted by Crippen LogP contribution is 2.26. The first-order valence-corrected chi connectivity index (χ1v) is 13.2. The summed E-state index contributed by atoms with van der Waals surface area (Å²) in [5.74, 6) is 0.394. The molecule has 4 heterocycles. The molecule has 0 bridgehead atoms. The zero-order valence-electron chi connectivity index (χ0n) is 21.9. The quantitative estimate of drug-likeness (QED) is 0.320. The van der Waals surface area contributed by atoms with Crippen molar-refractivity contribution in [3.05, 3.63) is 113 Å². The second kappa shape index (κ2) is 11.0. The maximum atomic E-state index is 13.3. The molecule has 1 aliphatic heterocycles. The number of rotatable bonds is 8. The largest absolute Gasteiger partial charge is 0.487 e. The summed E-state index contributed by atoms with van der Waals surface area (Å²) in [6, 6.07) is 19.6. The van der Waals surface area contributed by atoms with Gasteiger partial charge < -0.3 is 9.84 Å². The Balaban J connectivity index is 1.14. The standard InChI is InChI=1S/C30H29FN6O3/c31-23-9-7-22(8-10-23)18-35-14-11-30(39,12-15-35)20-36-21-33-28-27(29(36)38)17-34-37(28)25-5-3-6-26(16-25)40-19-24-4-1-2-13-32-24/h1-10,13,16-17,21,39H,11-12,14-15,18-20H2. The third-order valence-electron chi connectivity index (χ3n) is 7.30. The first-order chi connectivity index (χ1) is 19.5. The molecule has 40 heavy (non-hydrogen) atoms. The van der Waals surface area contributed by atoms with E-state index in [1.54, 1.807) is 23.0 Å². The highest BCUT2D eigenvalue weighted by molar-refractivity contribution is 5.75. The van der Waals surface area contributed by atoms with E-state index >= 15 is 0 Å². The monoisotopic (exact) mass is 540 g/mol. The number of likely N-dealkylation sites (tertiary alicyclic amines) is 1. The highest BCUT2D eigenvalue weighted by Gasteiger charge is 2.33. The van der Waals surface area contributed by atoms with Crippen molar-refractivity contribution in [2.24, 2.45) is 0 Å². The number of aliphatic hydroxyl groups is 1. The fraction of sp³-hybridized carbons (Fsp3) is 0.267. The van der Waals surface area contributed by atoms with Crippen LogP contribution in [0, 0.1) is 5.82 Å². The lowest BCUT2D eigenvalue weighted by Gasteiger charge is -2.38. The summed E-state index contributed by atoms with van der Waals surface area (Å²) in [6.07, 6.45) is 5.75. The predicted molar refractivity (Wildman–Crippen MR) is 148 cm³/mol. The van der Waals surface area contributed by atoms with Gasteiger partial charge in [-0.15, -0.1) is 0 Å². The van der Waals surface area contributed by atoms with Crippen molar-refractivity contribution in [3.8, 4) is 11.4 Å². The molecule has 0 unspecified atom stereocenters. The van der Waals surface area contributed by atoms with Gasteiger partial charge in [0.15, 0.2) is 5.65 Å². The van der Waals surface area contributed by atoms with E-state index in [0.717, 1.165) is 11.3 Å². The van der Waals surface area contributed by atoms with Crippen LogP contribution in [0.15, 0.2) is 90.2 Å². The van der Waals surface area contributed by atoms with E-state index in [-0.39, 0.29) is 17.9 Å². The number of fused-ring (bicyclic) bond motifs is 1. The van der Waals surface area contributed by atoms with Crippen LogP contribution in [0.3, 0.4) is 0 Å². The molecule has 1 N–H and O–H groups in total. The number of hydrogen-bond donors (Lipinski definition) is 1. The van der Waals surface area contributed by atoms with Gasteiger partial charge in [0, 0.05) is 31.9 Å². The number of halogens is 1. The van der Waals surface area contributed by atoms with Crippen molar-refractivity contribution in [2.45, 2.75) is 38.1 Å². The Morgan fingerprint density at radius 1 is 1.00 bits per heavy atom. The lowest BCUT2D eigenvalue weighted by molar-refractivity contribution is -0.0364. The Morgan fingerprint density at radius 2 is 1.82 bits per heavy atom. The van der Waals surface area contributed by atoms with Crippen molar-refractivity contribution < 1.29 is 14.2 Å². The van der Waals surface area contributed by atoms with Crippen molar-refractivity contribution in [2.75, 3.05) is 13.1 Å². The maximum absolute atomic E-state index is 13.3. The minimum atomic E-state index is -1.02. The van der Waals surface area contributed by atoms with Crippen LogP contribution in [0.25, 0.3) is 16.7 Å². The molecule has 1 aliphatic rings. The van der Waals surface area contributed by atoms with Gasteiger partial charge in [-0.1, -0.05) is 24.3 Å². The number of pyridine rings is 1. The Morgan fingerprint density at radius 3 is 2.60 bits per heavy atom. The second-order valence-corrected chi connectivity index (χ2v) is 10.2. The molecule has 1 saturated heterocycles. The molecule has 0 radical (unpaired) electrons. The SMILES string of the molecule is O=c1c2cnn(-c3cccc(OCc4ccccn4)c3)c2ncn1CC1(O)CCN(Cc2ccc(F)cc2)CC1. The summed E-state index contributed by atoms with van der Waals surface area (Å²) < 4.78 is 22.2. The zero-order chi connectivity index (χ0) is 27.5. The summed E-state index contributed by atoms with van der Waals surface area (Å²) in [5.41, 5.74) is 1.73. The summed E-state index contributed by atoms with van der Waals surface area (Å²) in [6.45, 7) is 2.53. The molecule has 10 heteroatoms. The van der Waals surface area contributed by atoms with Gasteiger partial charge in [-0.05, 0) is 54.8 Å². The second-order valence-electron chi connectivity index (χ2n) is 10.2. The van der Waals surface area contributed by atoms with Crippen LogP contribution >= 0.6 is 0 Å². The Kier molecular flexibility index (Phi) is 7.10. The number of benzene rings is 2. The lowest BCUT2D eigenvalue weighted by Crippen LogP contribution is -2.47. The van der Waals surface area contributed by atoms with Crippen molar-refractivity contribution in [3.63, 3.8) is 0 Å². The van der Waals surface area contributed by atoms with E-state index in [1.807, 2.05) is 42.5 Å². The van der Waals surface area contributed by atoms with Crippen LogP contribution in [0.5, 0.6) is 5.75 Å². The van der Waals surface area contributed by atoms with E-state index in [4.69, 9.17) is 4.74 Å². The van der Waals surface area contributed by atoms with Crippen LogP contribution in [0.4, 0.5) is 4.39 Å². The van der Waals surface area contributed by atoms with Crippen molar-refractivity contribution in [1.29, 1.82) is 0 Å². The molecular weight excluding hydrogens is 511 g/mol. The number of piperidine rings is 1. The molecule has 6 rings (SSSR count).